The van der Waals surface area contributed by atoms with Crippen LogP contribution in [0, 0.1) is 0 Å². The molecule has 1 atom stereocenters. The molecule has 14 heavy (non-hydrogen) atoms. The van der Waals surface area contributed by atoms with Crippen molar-refractivity contribution in [1.82, 2.24) is 9.78 Å². The van der Waals surface area contributed by atoms with Gasteiger partial charge < -0.3 is 4.74 Å². The fourth-order valence-corrected chi connectivity index (χ4v) is 1.61. The lowest BCUT2D eigenvalue weighted by atomic mass is 10.1. The quantitative estimate of drug-likeness (QED) is 0.612. The number of halogens is 1. The summed E-state index contributed by atoms with van der Waals surface area (Å²) in [7, 11) is 3.15. The Morgan fingerprint density at radius 2 is 2.43 bits per heavy atom. The van der Waals surface area contributed by atoms with E-state index in [1.54, 1.807) is 11.7 Å². The van der Waals surface area contributed by atoms with Crippen molar-refractivity contribution in [3.63, 3.8) is 0 Å². The lowest BCUT2D eigenvalue weighted by molar-refractivity contribution is 0.0592. The average molecular weight is 261 g/mol. The first-order chi connectivity index (χ1) is 6.54. The topological polar surface area (TPSA) is 44.1 Å². The maximum Gasteiger partial charge on any atom is 0.358 e. The second-order valence-electron chi connectivity index (χ2n) is 3.15. The summed E-state index contributed by atoms with van der Waals surface area (Å²) < 4.78 is 6.26. The predicted molar refractivity (Wildman–Crippen MR) is 56.6 cm³/mol. The molecule has 1 unspecified atom stereocenters. The largest absolute Gasteiger partial charge is 0.464 e. The number of aryl methyl sites for hydroxylation is 1. The molecule has 0 bridgehead atoms. The minimum atomic E-state index is -0.381. The Bertz CT molecular complexity index is 334. The van der Waals surface area contributed by atoms with Crippen LogP contribution in [-0.2, 0) is 18.2 Å². The van der Waals surface area contributed by atoms with E-state index in [1.807, 2.05) is 13.1 Å². The minimum absolute atomic E-state index is 0.315. The summed E-state index contributed by atoms with van der Waals surface area (Å²) >= 11 is 3.44. The van der Waals surface area contributed by atoms with Crippen molar-refractivity contribution in [2.24, 2.45) is 7.05 Å². The molecule has 0 N–H and O–H groups in total. The summed E-state index contributed by atoms with van der Waals surface area (Å²) in [6.07, 6.45) is 2.60. The number of rotatable bonds is 3. The van der Waals surface area contributed by atoms with E-state index in [2.05, 4.69) is 25.8 Å². The van der Waals surface area contributed by atoms with Gasteiger partial charge in [0.2, 0.25) is 0 Å². The van der Waals surface area contributed by atoms with E-state index in [9.17, 15) is 4.79 Å². The van der Waals surface area contributed by atoms with Crippen molar-refractivity contribution in [2.45, 2.75) is 18.2 Å². The maximum atomic E-state index is 11.3. The van der Waals surface area contributed by atoms with Crippen LogP contribution in [0.25, 0.3) is 0 Å². The number of aromatic nitrogens is 2. The number of esters is 1. The standard InChI is InChI=1S/C9H13BrN2O2/c1-6(10)4-7-5-12(2)11-8(7)9(13)14-3/h5-6H,4H2,1-3H3. The van der Waals surface area contributed by atoms with E-state index < -0.39 is 0 Å². The highest BCUT2D eigenvalue weighted by Gasteiger charge is 2.17. The molecule has 0 aliphatic heterocycles. The van der Waals surface area contributed by atoms with Crippen LogP contribution in [0.2, 0.25) is 0 Å². The summed E-state index contributed by atoms with van der Waals surface area (Å²) in [6, 6.07) is 0. The molecule has 0 saturated carbocycles. The van der Waals surface area contributed by atoms with Gasteiger partial charge in [0.05, 0.1) is 7.11 Å². The SMILES string of the molecule is COC(=O)c1nn(C)cc1CC(C)Br. The smallest absolute Gasteiger partial charge is 0.358 e. The van der Waals surface area contributed by atoms with Gasteiger partial charge in [-0.05, 0) is 6.42 Å². The summed E-state index contributed by atoms with van der Waals surface area (Å²) in [6.45, 7) is 2.02. The first kappa shape index (κ1) is 11.2. The fourth-order valence-electron chi connectivity index (χ4n) is 1.26. The molecule has 1 aromatic heterocycles. The zero-order valence-corrected chi connectivity index (χ0v) is 10.0. The van der Waals surface area contributed by atoms with Crippen LogP contribution in [0.5, 0.6) is 0 Å². The molecule has 78 valence electrons. The van der Waals surface area contributed by atoms with E-state index in [0.29, 0.717) is 10.5 Å². The van der Waals surface area contributed by atoms with E-state index in [0.717, 1.165) is 12.0 Å². The van der Waals surface area contributed by atoms with Crippen molar-refractivity contribution in [2.75, 3.05) is 7.11 Å². The van der Waals surface area contributed by atoms with Gasteiger partial charge in [0.1, 0.15) is 0 Å². The summed E-state index contributed by atoms with van der Waals surface area (Å²) in [5, 5.41) is 4.06. The van der Waals surface area contributed by atoms with Gasteiger partial charge in [0.15, 0.2) is 5.69 Å². The molecule has 0 aromatic carbocycles. The Hall–Kier alpha value is -0.840. The molecule has 1 rings (SSSR count). The van der Waals surface area contributed by atoms with Gasteiger partial charge in [-0.25, -0.2) is 4.79 Å². The van der Waals surface area contributed by atoms with Crippen molar-refractivity contribution in [3.8, 4) is 0 Å². The first-order valence-electron chi connectivity index (χ1n) is 4.29. The molecule has 5 heteroatoms. The molecule has 0 aliphatic rings. The normalized spacial score (nSPS) is 12.6. The Labute approximate surface area is 91.4 Å². The molecule has 0 amide bonds. The number of hydrogen-bond acceptors (Lipinski definition) is 3. The van der Waals surface area contributed by atoms with Crippen LogP contribution < -0.4 is 0 Å². The van der Waals surface area contributed by atoms with Gasteiger partial charge in [-0.3, -0.25) is 4.68 Å². The van der Waals surface area contributed by atoms with E-state index >= 15 is 0 Å². The van der Waals surface area contributed by atoms with Crippen LogP contribution in [0.1, 0.15) is 23.0 Å². The van der Waals surface area contributed by atoms with Crippen LogP contribution in [-0.4, -0.2) is 27.7 Å². The third-order valence-electron chi connectivity index (χ3n) is 1.78. The second kappa shape index (κ2) is 4.59. The van der Waals surface area contributed by atoms with E-state index in [1.165, 1.54) is 7.11 Å². The highest BCUT2D eigenvalue weighted by Crippen LogP contribution is 2.13. The van der Waals surface area contributed by atoms with Crippen LogP contribution in [0.3, 0.4) is 0 Å². The number of carbonyl (C=O) groups excluding carboxylic acids is 1. The molecule has 0 radical (unpaired) electrons. The van der Waals surface area contributed by atoms with Gasteiger partial charge in [0, 0.05) is 23.6 Å². The van der Waals surface area contributed by atoms with Crippen LogP contribution in [0.15, 0.2) is 6.20 Å². The molecule has 0 aliphatic carbocycles. The number of methoxy groups -OCH3 is 1. The second-order valence-corrected chi connectivity index (χ2v) is 4.72. The van der Waals surface area contributed by atoms with Gasteiger partial charge in [-0.2, -0.15) is 5.10 Å². The third-order valence-corrected chi connectivity index (χ3v) is 2.11. The number of ether oxygens (including phenoxy) is 1. The monoisotopic (exact) mass is 260 g/mol. The van der Waals surface area contributed by atoms with Gasteiger partial charge in [-0.1, -0.05) is 22.9 Å². The fraction of sp³-hybridized carbons (Fsp3) is 0.556. The Balaban J connectivity index is 2.96. The molecule has 1 heterocycles. The molecule has 4 nitrogen and oxygen atoms in total. The van der Waals surface area contributed by atoms with E-state index in [-0.39, 0.29) is 5.97 Å². The first-order valence-corrected chi connectivity index (χ1v) is 5.21. The average Bonchev–Trinajstić information content (AvgIpc) is 2.44. The van der Waals surface area contributed by atoms with E-state index in [4.69, 9.17) is 0 Å². The molecule has 0 spiro atoms. The Morgan fingerprint density at radius 1 is 1.79 bits per heavy atom. The van der Waals surface area contributed by atoms with Gasteiger partial charge in [0.25, 0.3) is 0 Å². The summed E-state index contributed by atoms with van der Waals surface area (Å²) in [4.78, 5) is 11.6. The molecular weight excluding hydrogens is 248 g/mol. The Morgan fingerprint density at radius 3 is 2.93 bits per heavy atom. The maximum absolute atomic E-state index is 11.3. The number of hydrogen-bond donors (Lipinski definition) is 0. The van der Waals surface area contributed by atoms with Gasteiger partial charge in [-0.15, -0.1) is 0 Å². The van der Waals surface area contributed by atoms with Crippen LogP contribution in [0.4, 0.5) is 0 Å². The van der Waals surface area contributed by atoms with Crippen LogP contribution >= 0.6 is 15.9 Å². The van der Waals surface area contributed by atoms with Gasteiger partial charge >= 0.3 is 5.97 Å². The summed E-state index contributed by atoms with van der Waals surface area (Å²) in [5.74, 6) is -0.381. The lowest BCUT2D eigenvalue weighted by Gasteiger charge is -2.01. The highest BCUT2D eigenvalue weighted by atomic mass is 79.9. The molecule has 0 fully saturated rings. The molecule has 0 saturated heterocycles. The molecule has 1 aromatic rings. The van der Waals surface area contributed by atoms with Crippen molar-refractivity contribution in [1.29, 1.82) is 0 Å². The minimum Gasteiger partial charge on any atom is -0.464 e. The molecular formula is C9H13BrN2O2. The Kier molecular flexibility index (Phi) is 3.69. The van der Waals surface area contributed by atoms with Crippen molar-refractivity contribution >= 4 is 21.9 Å². The number of alkyl halides is 1. The predicted octanol–water partition coefficient (Wildman–Crippen LogP) is 1.53. The third kappa shape index (κ3) is 2.57. The van der Waals surface area contributed by atoms with Crippen molar-refractivity contribution in [3.05, 3.63) is 17.5 Å². The highest BCUT2D eigenvalue weighted by molar-refractivity contribution is 9.09. The summed E-state index contributed by atoms with van der Waals surface area (Å²) in [5.41, 5.74) is 1.31. The van der Waals surface area contributed by atoms with Crippen molar-refractivity contribution < 1.29 is 9.53 Å². The zero-order chi connectivity index (χ0) is 10.7. The number of carbonyl (C=O) groups is 1. The lowest BCUT2D eigenvalue weighted by Crippen LogP contribution is -2.07. The number of nitrogens with zero attached hydrogens (tertiary/aromatic N) is 2. The zero-order valence-electron chi connectivity index (χ0n) is 8.45.